The zero-order valence-electron chi connectivity index (χ0n) is 20.8. The van der Waals surface area contributed by atoms with Crippen LogP contribution in [0.4, 0.5) is 5.69 Å². The maximum absolute atomic E-state index is 12.7. The Morgan fingerprint density at radius 1 is 1.03 bits per heavy atom. The zero-order valence-corrected chi connectivity index (χ0v) is 20.8. The van der Waals surface area contributed by atoms with Gasteiger partial charge in [-0.3, -0.25) is 14.4 Å². The van der Waals surface area contributed by atoms with Gasteiger partial charge in [-0.15, -0.1) is 0 Å². The minimum Gasteiger partial charge on any atom is -0.491 e. The average molecular weight is 500 g/mol. The lowest BCUT2D eigenvalue weighted by Crippen LogP contribution is -2.39. The highest BCUT2D eigenvalue weighted by Gasteiger charge is 2.21. The van der Waals surface area contributed by atoms with Crippen LogP contribution in [0.5, 0.6) is 11.5 Å². The lowest BCUT2D eigenvalue weighted by atomic mass is 10.0. The van der Waals surface area contributed by atoms with Crippen LogP contribution in [0.2, 0.25) is 0 Å². The summed E-state index contributed by atoms with van der Waals surface area (Å²) in [5.74, 6) is 3.98. The molecule has 194 valence electrons. The Hall–Kier alpha value is -4.12. The summed E-state index contributed by atoms with van der Waals surface area (Å²) in [7, 11) is 0. The first-order chi connectivity index (χ1) is 17.1. The molecule has 2 aromatic rings. The van der Waals surface area contributed by atoms with Gasteiger partial charge in [-0.1, -0.05) is 6.07 Å². The third kappa shape index (κ3) is 9.63. The Morgan fingerprint density at radius 2 is 1.67 bits per heavy atom. The van der Waals surface area contributed by atoms with Gasteiger partial charge in [0, 0.05) is 11.6 Å². The second-order valence-corrected chi connectivity index (χ2v) is 8.45. The molecule has 11 nitrogen and oxygen atoms in total. The van der Waals surface area contributed by atoms with Gasteiger partial charge in [0.25, 0.3) is 5.91 Å². The summed E-state index contributed by atoms with van der Waals surface area (Å²) in [5.41, 5.74) is 3.57. The number of rotatable bonds is 13. The maximum Gasteiger partial charge on any atom is 0.305 e. The SMILES string of the molecule is CC(C)Oc1cc(OC(C)C)cc(C(CC(=O)O)NC(=O)CNC(=O)c2cccc(N=CNN)c2)c1. The summed E-state index contributed by atoms with van der Waals surface area (Å²) in [6, 6.07) is 10.6. The van der Waals surface area contributed by atoms with E-state index in [9.17, 15) is 19.5 Å². The number of aliphatic imine (C=N–C) groups is 1. The number of carbonyl (C=O) groups is 3. The van der Waals surface area contributed by atoms with Crippen molar-refractivity contribution in [3.05, 3.63) is 53.6 Å². The van der Waals surface area contributed by atoms with Crippen LogP contribution >= 0.6 is 0 Å². The Balaban J connectivity index is 2.16. The number of hydrazine groups is 1. The van der Waals surface area contributed by atoms with Crippen molar-refractivity contribution in [3.63, 3.8) is 0 Å². The van der Waals surface area contributed by atoms with E-state index in [1.165, 1.54) is 12.4 Å². The average Bonchev–Trinajstić information content (AvgIpc) is 2.79. The minimum atomic E-state index is -1.10. The smallest absolute Gasteiger partial charge is 0.305 e. The summed E-state index contributed by atoms with van der Waals surface area (Å²) in [6.07, 6.45) is 0.656. The van der Waals surface area contributed by atoms with Gasteiger partial charge in [0.1, 0.15) is 17.8 Å². The van der Waals surface area contributed by atoms with Crippen LogP contribution in [0.1, 0.15) is 56.1 Å². The third-order valence-electron chi connectivity index (χ3n) is 4.57. The van der Waals surface area contributed by atoms with Gasteiger partial charge in [0.15, 0.2) is 0 Å². The molecule has 0 bridgehead atoms. The van der Waals surface area contributed by atoms with Crippen molar-refractivity contribution in [2.24, 2.45) is 10.8 Å². The Bertz CT molecular complexity index is 1060. The molecule has 2 amide bonds. The molecule has 2 rings (SSSR count). The number of nitrogens with zero attached hydrogens (tertiary/aromatic N) is 1. The quantitative estimate of drug-likeness (QED) is 0.121. The third-order valence-corrected chi connectivity index (χ3v) is 4.57. The van der Waals surface area contributed by atoms with Crippen LogP contribution in [0.3, 0.4) is 0 Å². The van der Waals surface area contributed by atoms with Gasteiger partial charge in [0.05, 0.1) is 36.9 Å². The summed E-state index contributed by atoms with van der Waals surface area (Å²) in [6.45, 7) is 7.11. The lowest BCUT2D eigenvalue weighted by molar-refractivity contribution is -0.137. The summed E-state index contributed by atoms with van der Waals surface area (Å²) < 4.78 is 11.6. The molecule has 0 heterocycles. The molecule has 0 fully saturated rings. The second-order valence-electron chi connectivity index (χ2n) is 8.45. The van der Waals surface area contributed by atoms with Crippen molar-refractivity contribution in [1.82, 2.24) is 16.1 Å². The van der Waals surface area contributed by atoms with Crippen LogP contribution in [0, 0.1) is 0 Å². The standard InChI is InChI=1S/C25H33N5O6/c1-15(2)35-20-9-18(10-21(11-20)36-16(3)4)22(12-24(32)33)30-23(31)13-27-25(34)17-6-5-7-19(8-17)28-14-29-26/h5-11,14-16,22H,12-13,26H2,1-4H3,(H,27,34)(H,28,29)(H,30,31)(H,32,33). The van der Waals surface area contributed by atoms with Gasteiger partial charge < -0.3 is 30.6 Å². The number of nitrogens with one attached hydrogen (secondary N) is 3. The summed E-state index contributed by atoms with van der Waals surface area (Å²) in [5, 5.41) is 14.6. The van der Waals surface area contributed by atoms with Gasteiger partial charge >= 0.3 is 5.97 Å². The lowest BCUT2D eigenvalue weighted by Gasteiger charge is -2.21. The first-order valence-electron chi connectivity index (χ1n) is 11.4. The molecular weight excluding hydrogens is 466 g/mol. The van der Waals surface area contributed by atoms with Crippen LogP contribution in [-0.2, 0) is 9.59 Å². The number of aliphatic carboxylic acids is 1. The number of benzene rings is 2. The first-order valence-corrected chi connectivity index (χ1v) is 11.4. The number of ether oxygens (including phenoxy) is 2. The van der Waals surface area contributed by atoms with E-state index in [-0.39, 0.29) is 25.2 Å². The highest BCUT2D eigenvalue weighted by molar-refractivity contribution is 5.97. The topological polar surface area (TPSA) is 164 Å². The van der Waals surface area contributed by atoms with E-state index in [2.05, 4.69) is 21.1 Å². The van der Waals surface area contributed by atoms with Crippen molar-refractivity contribution >= 4 is 29.8 Å². The fourth-order valence-corrected chi connectivity index (χ4v) is 3.25. The fraction of sp³-hybridized carbons (Fsp3) is 0.360. The van der Waals surface area contributed by atoms with E-state index >= 15 is 0 Å². The Kier molecular flexibility index (Phi) is 10.7. The maximum atomic E-state index is 12.7. The predicted molar refractivity (Wildman–Crippen MR) is 135 cm³/mol. The minimum absolute atomic E-state index is 0.120. The van der Waals surface area contributed by atoms with E-state index < -0.39 is 23.8 Å². The number of hydrogen-bond donors (Lipinski definition) is 5. The Morgan fingerprint density at radius 3 is 2.22 bits per heavy atom. The first kappa shape index (κ1) is 28.1. The van der Waals surface area contributed by atoms with Crippen molar-refractivity contribution in [3.8, 4) is 11.5 Å². The number of nitrogens with two attached hydrogens (primary N) is 1. The van der Waals surface area contributed by atoms with Crippen LogP contribution < -0.4 is 31.4 Å². The van der Waals surface area contributed by atoms with Gasteiger partial charge in [-0.2, -0.15) is 0 Å². The number of carboxylic acid groups (broad SMARTS) is 1. The summed E-state index contributed by atoms with van der Waals surface area (Å²) in [4.78, 5) is 40.7. The molecule has 0 saturated heterocycles. The molecule has 0 aromatic heterocycles. The molecule has 1 atom stereocenters. The molecule has 6 N–H and O–H groups in total. The second kappa shape index (κ2) is 13.7. The van der Waals surface area contributed by atoms with E-state index in [1.54, 1.807) is 36.4 Å². The molecule has 0 radical (unpaired) electrons. The van der Waals surface area contributed by atoms with E-state index in [1.807, 2.05) is 27.7 Å². The van der Waals surface area contributed by atoms with Gasteiger partial charge in [0.2, 0.25) is 5.91 Å². The van der Waals surface area contributed by atoms with Crippen LogP contribution in [-0.4, -0.2) is 48.0 Å². The van der Waals surface area contributed by atoms with Crippen molar-refractivity contribution < 1.29 is 29.0 Å². The molecule has 2 aromatic carbocycles. The van der Waals surface area contributed by atoms with Crippen molar-refractivity contribution in [2.75, 3.05) is 6.54 Å². The Labute approximate surface area is 210 Å². The molecule has 0 spiro atoms. The molecule has 1 unspecified atom stereocenters. The molecule has 0 saturated carbocycles. The zero-order chi connectivity index (χ0) is 26.7. The number of carboxylic acids is 1. The molecule has 11 heteroatoms. The largest absolute Gasteiger partial charge is 0.491 e. The highest BCUT2D eigenvalue weighted by atomic mass is 16.5. The van der Waals surface area contributed by atoms with Gasteiger partial charge in [-0.05, 0) is 63.6 Å². The van der Waals surface area contributed by atoms with Gasteiger partial charge in [-0.25, -0.2) is 10.8 Å². The van der Waals surface area contributed by atoms with Crippen LogP contribution in [0.25, 0.3) is 0 Å². The van der Waals surface area contributed by atoms with E-state index in [0.717, 1.165) is 0 Å². The molecule has 36 heavy (non-hydrogen) atoms. The van der Waals surface area contributed by atoms with E-state index in [4.69, 9.17) is 15.3 Å². The number of carbonyl (C=O) groups excluding carboxylic acids is 2. The summed E-state index contributed by atoms with van der Waals surface area (Å²) >= 11 is 0. The fourth-order valence-electron chi connectivity index (χ4n) is 3.25. The molecule has 0 aliphatic carbocycles. The number of hydrogen-bond acceptors (Lipinski definition) is 7. The molecular formula is C25H33N5O6. The number of amides is 2. The highest BCUT2D eigenvalue weighted by Crippen LogP contribution is 2.29. The van der Waals surface area contributed by atoms with Crippen LogP contribution in [0.15, 0.2) is 47.5 Å². The van der Waals surface area contributed by atoms with Crippen molar-refractivity contribution in [2.45, 2.75) is 52.4 Å². The monoisotopic (exact) mass is 499 g/mol. The molecule has 0 aliphatic rings. The predicted octanol–water partition coefficient (Wildman–Crippen LogP) is 2.45. The molecule has 0 aliphatic heterocycles. The van der Waals surface area contributed by atoms with E-state index in [0.29, 0.717) is 28.3 Å². The van der Waals surface area contributed by atoms with Crippen molar-refractivity contribution in [1.29, 1.82) is 0 Å². The normalized spacial score (nSPS) is 11.9.